The Morgan fingerprint density at radius 1 is 1.41 bits per heavy atom. The van der Waals surface area contributed by atoms with E-state index in [2.05, 4.69) is 4.90 Å². The molecule has 1 N–H and O–H groups in total. The van der Waals surface area contributed by atoms with Gasteiger partial charge in [-0.15, -0.1) is 0 Å². The van der Waals surface area contributed by atoms with E-state index in [1.807, 2.05) is 6.92 Å². The maximum Gasteiger partial charge on any atom is 0.163 e. The first-order valence-electron chi connectivity index (χ1n) is 6.63. The van der Waals surface area contributed by atoms with Gasteiger partial charge in [-0.1, -0.05) is 6.92 Å². The molecule has 0 aromatic heterocycles. The quantitative estimate of drug-likeness (QED) is 0.779. The second-order valence-electron chi connectivity index (χ2n) is 6.08. The van der Waals surface area contributed by atoms with Gasteiger partial charge in [-0.3, -0.25) is 9.69 Å². The van der Waals surface area contributed by atoms with Crippen LogP contribution in [0.3, 0.4) is 0 Å². The minimum absolute atomic E-state index is 0.103. The molecule has 1 aliphatic carbocycles. The summed E-state index contributed by atoms with van der Waals surface area (Å²) in [6.07, 6.45) is 4.40. The molecule has 3 heterocycles. The van der Waals surface area contributed by atoms with Crippen LogP contribution in [0.25, 0.3) is 0 Å². The first-order valence-corrected chi connectivity index (χ1v) is 6.63. The molecule has 96 valence electrons. The van der Waals surface area contributed by atoms with Crippen molar-refractivity contribution in [1.29, 1.82) is 0 Å². The molecule has 4 rings (SSSR count). The summed E-state index contributed by atoms with van der Waals surface area (Å²) >= 11 is 0. The lowest BCUT2D eigenvalue weighted by atomic mass is 9.64. The van der Waals surface area contributed by atoms with E-state index in [9.17, 15) is 9.90 Å². The highest BCUT2D eigenvalue weighted by Gasteiger charge is 2.58. The highest BCUT2D eigenvalue weighted by Crippen LogP contribution is 2.45. The van der Waals surface area contributed by atoms with E-state index in [1.54, 1.807) is 0 Å². The number of aliphatic hydroxyl groups excluding tert-OH is 1. The normalized spacial score (nSPS) is 45.3. The van der Waals surface area contributed by atoms with Crippen molar-refractivity contribution in [1.82, 2.24) is 4.90 Å². The molecule has 4 nitrogen and oxygen atoms in total. The average molecular weight is 239 g/mol. The minimum Gasteiger partial charge on any atom is -0.394 e. The number of Topliss-reactive ketones (excluding diaryl/α,β-unsaturated/α-hetero) is 1. The fourth-order valence-corrected chi connectivity index (χ4v) is 3.23. The Labute approximate surface area is 102 Å². The average Bonchev–Trinajstić information content (AvgIpc) is 3.15. The number of hydrogen-bond acceptors (Lipinski definition) is 4. The van der Waals surface area contributed by atoms with Crippen LogP contribution in [0.2, 0.25) is 0 Å². The van der Waals surface area contributed by atoms with Gasteiger partial charge in [-0.25, -0.2) is 0 Å². The molecular formula is C13H21NO3. The van der Waals surface area contributed by atoms with Crippen LogP contribution in [0.5, 0.6) is 0 Å². The summed E-state index contributed by atoms with van der Waals surface area (Å²) in [6, 6.07) is 0. The van der Waals surface area contributed by atoms with Crippen molar-refractivity contribution in [3.05, 3.63) is 0 Å². The molecular weight excluding hydrogens is 218 g/mol. The fourth-order valence-electron chi connectivity index (χ4n) is 3.23. The van der Waals surface area contributed by atoms with Crippen molar-refractivity contribution in [2.45, 2.75) is 44.2 Å². The van der Waals surface area contributed by atoms with Gasteiger partial charge in [0.05, 0.1) is 19.3 Å². The lowest BCUT2D eigenvalue weighted by Gasteiger charge is -2.56. The lowest BCUT2D eigenvalue weighted by Crippen LogP contribution is -2.72. The zero-order valence-corrected chi connectivity index (χ0v) is 10.4. The number of piperidine rings is 3. The van der Waals surface area contributed by atoms with E-state index < -0.39 is 5.54 Å². The monoisotopic (exact) mass is 239 g/mol. The standard InChI is InChI=1S/C13H21NO3/c1-12-4-6-14(7-5-12)13(8-15,11(12)16)9-17-10-2-3-10/h10,15H,2-9H2,1H3. The van der Waals surface area contributed by atoms with Crippen molar-refractivity contribution >= 4 is 5.78 Å². The number of fused-ring (bicyclic) bond motifs is 3. The van der Waals surface area contributed by atoms with Crippen molar-refractivity contribution in [3.8, 4) is 0 Å². The maximum atomic E-state index is 12.6. The molecule has 1 saturated carbocycles. The minimum atomic E-state index is -0.742. The molecule has 1 unspecified atom stereocenters. The second-order valence-corrected chi connectivity index (χ2v) is 6.08. The number of rotatable bonds is 4. The molecule has 4 fully saturated rings. The molecule has 3 aliphatic heterocycles. The highest BCUT2D eigenvalue weighted by atomic mass is 16.5. The molecule has 0 radical (unpaired) electrons. The van der Waals surface area contributed by atoms with Gasteiger partial charge in [0.1, 0.15) is 5.54 Å². The van der Waals surface area contributed by atoms with Crippen LogP contribution in [0.4, 0.5) is 0 Å². The Kier molecular flexibility index (Phi) is 2.58. The number of hydrogen-bond donors (Lipinski definition) is 1. The third kappa shape index (κ3) is 1.65. The van der Waals surface area contributed by atoms with Gasteiger partial charge in [0.2, 0.25) is 0 Å². The van der Waals surface area contributed by atoms with Crippen molar-refractivity contribution in [2.75, 3.05) is 26.3 Å². The Morgan fingerprint density at radius 2 is 2.06 bits per heavy atom. The summed E-state index contributed by atoms with van der Waals surface area (Å²) in [4.78, 5) is 14.8. The third-order valence-electron chi connectivity index (χ3n) is 4.79. The highest BCUT2D eigenvalue weighted by molar-refractivity contribution is 5.95. The van der Waals surface area contributed by atoms with Gasteiger partial charge in [0.25, 0.3) is 0 Å². The molecule has 0 amide bonds. The molecule has 0 spiro atoms. The molecule has 1 atom stereocenters. The van der Waals surface area contributed by atoms with E-state index in [0.717, 1.165) is 38.8 Å². The number of nitrogens with zero attached hydrogens (tertiary/aromatic N) is 1. The molecule has 4 heteroatoms. The van der Waals surface area contributed by atoms with Gasteiger partial charge in [0, 0.05) is 18.5 Å². The summed E-state index contributed by atoms with van der Waals surface area (Å²) in [5.74, 6) is 0.200. The fraction of sp³-hybridized carbons (Fsp3) is 0.923. The molecule has 2 bridgehead atoms. The first kappa shape index (κ1) is 11.6. The molecule has 0 aromatic carbocycles. The first-order chi connectivity index (χ1) is 8.11. The third-order valence-corrected chi connectivity index (χ3v) is 4.79. The summed E-state index contributed by atoms with van der Waals surface area (Å²) in [7, 11) is 0. The van der Waals surface area contributed by atoms with E-state index >= 15 is 0 Å². The van der Waals surface area contributed by atoms with E-state index in [1.165, 1.54) is 0 Å². The van der Waals surface area contributed by atoms with Gasteiger partial charge in [0.15, 0.2) is 5.78 Å². The summed E-state index contributed by atoms with van der Waals surface area (Å²) < 4.78 is 5.73. The second kappa shape index (κ2) is 3.77. The summed E-state index contributed by atoms with van der Waals surface area (Å²) in [6.45, 7) is 4.15. The number of aliphatic hydroxyl groups is 1. The lowest BCUT2D eigenvalue weighted by molar-refractivity contribution is -0.170. The SMILES string of the molecule is CC12CCN(CC1)C(CO)(COC1CC1)C2=O. The van der Waals surface area contributed by atoms with Gasteiger partial charge < -0.3 is 9.84 Å². The predicted octanol–water partition coefficient (Wildman–Crippen LogP) is 0.581. The van der Waals surface area contributed by atoms with Crippen LogP contribution in [0.1, 0.15) is 32.6 Å². The number of ether oxygens (including phenoxy) is 1. The smallest absolute Gasteiger partial charge is 0.163 e. The number of carbonyl (C=O) groups excluding carboxylic acids is 1. The Morgan fingerprint density at radius 3 is 2.59 bits per heavy atom. The van der Waals surface area contributed by atoms with Crippen LogP contribution in [0.15, 0.2) is 0 Å². The maximum absolute atomic E-state index is 12.6. The predicted molar refractivity (Wildman–Crippen MR) is 62.7 cm³/mol. The van der Waals surface area contributed by atoms with E-state index in [4.69, 9.17) is 4.74 Å². The van der Waals surface area contributed by atoms with Crippen molar-refractivity contribution in [3.63, 3.8) is 0 Å². The Balaban J connectivity index is 1.83. The van der Waals surface area contributed by atoms with Gasteiger partial charge in [-0.05, 0) is 25.7 Å². The Hall–Kier alpha value is -0.450. The molecule has 4 aliphatic rings. The van der Waals surface area contributed by atoms with E-state index in [0.29, 0.717) is 12.7 Å². The van der Waals surface area contributed by atoms with Crippen LogP contribution in [0, 0.1) is 5.41 Å². The molecule has 0 aromatic rings. The van der Waals surface area contributed by atoms with Crippen molar-refractivity contribution in [2.24, 2.45) is 5.41 Å². The van der Waals surface area contributed by atoms with Crippen LogP contribution in [-0.2, 0) is 9.53 Å². The number of carbonyl (C=O) groups is 1. The topological polar surface area (TPSA) is 49.8 Å². The summed E-state index contributed by atoms with van der Waals surface area (Å²) in [5, 5.41) is 9.74. The molecule has 3 saturated heterocycles. The van der Waals surface area contributed by atoms with Crippen LogP contribution >= 0.6 is 0 Å². The largest absolute Gasteiger partial charge is 0.394 e. The zero-order valence-electron chi connectivity index (χ0n) is 10.4. The Bertz CT molecular complexity index is 332. The van der Waals surface area contributed by atoms with Gasteiger partial charge in [-0.2, -0.15) is 0 Å². The van der Waals surface area contributed by atoms with Crippen LogP contribution < -0.4 is 0 Å². The molecule has 17 heavy (non-hydrogen) atoms. The van der Waals surface area contributed by atoms with Crippen LogP contribution in [-0.4, -0.2) is 53.7 Å². The summed E-state index contributed by atoms with van der Waals surface area (Å²) in [5.41, 5.74) is -0.974. The van der Waals surface area contributed by atoms with E-state index in [-0.39, 0.29) is 17.8 Å². The van der Waals surface area contributed by atoms with Crippen molar-refractivity contribution < 1.29 is 14.6 Å². The van der Waals surface area contributed by atoms with Gasteiger partial charge >= 0.3 is 0 Å². The number of ketones is 1. The zero-order chi connectivity index (χ0) is 12.1.